The molecule has 27 heavy (non-hydrogen) atoms. The van der Waals surface area contributed by atoms with Crippen molar-refractivity contribution in [3.05, 3.63) is 35.9 Å². The fourth-order valence-corrected chi connectivity index (χ4v) is 3.32. The van der Waals surface area contributed by atoms with Crippen molar-refractivity contribution in [3.8, 4) is 0 Å². The molecule has 3 atom stereocenters. The Bertz CT molecular complexity index is 731. The summed E-state index contributed by atoms with van der Waals surface area (Å²) in [5.41, 5.74) is 0.702. The minimum absolute atomic E-state index is 0.105. The molecular formula is C17H22O9S. The average molecular weight is 402 g/mol. The van der Waals surface area contributed by atoms with E-state index in [9.17, 15) is 18.0 Å². The van der Waals surface area contributed by atoms with Gasteiger partial charge in [-0.3, -0.25) is 13.8 Å². The molecule has 1 heterocycles. The first-order valence-corrected chi connectivity index (χ1v) is 9.92. The number of ether oxygens (including phenoxy) is 4. The minimum Gasteiger partial charge on any atom is -0.468 e. The zero-order valence-corrected chi connectivity index (χ0v) is 16.0. The number of rotatable bonds is 7. The Kier molecular flexibility index (Phi) is 7.31. The second-order valence-electron chi connectivity index (χ2n) is 5.92. The van der Waals surface area contributed by atoms with Crippen LogP contribution >= 0.6 is 0 Å². The Morgan fingerprint density at radius 2 is 1.74 bits per heavy atom. The Morgan fingerprint density at radius 3 is 2.26 bits per heavy atom. The van der Waals surface area contributed by atoms with Crippen LogP contribution in [0.15, 0.2) is 30.3 Å². The van der Waals surface area contributed by atoms with Crippen LogP contribution < -0.4 is 0 Å². The fourth-order valence-electron chi connectivity index (χ4n) is 2.69. The van der Waals surface area contributed by atoms with E-state index in [1.165, 1.54) is 0 Å². The van der Waals surface area contributed by atoms with Crippen LogP contribution in [0.3, 0.4) is 0 Å². The first-order chi connectivity index (χ1) is 12.7. The van der Waals surface area contributed by atoms with E-state index >= 15 is 0 Å². The summed E-state index contributed by atoms with van der Waals surface area (Å²) in [6, 6.07) is 8.96. The highest BCUT2D eigenvalue weighted by molar-refractivity contribution is 7.86. The van der Waals surface area contributed by atoms with Crippen LogP contribution in [-0.4, -0.2) is 59.6 Å². The third-order valence-corrected chi connectivity index (χ3v) is 4.53. The molecule has 2 rings (SSSR count). The minimum atomic E-state index is -3.82. The lowest BCUT2D eigenvalue weighted by atomic mass is 9.97. The van der Waals surface area contributed by atoms with E-state index in [4.69, 9.17) is 13.7 Å². The molecule has 10 heteroatoms. The molecule has 0 amide bonds. The molecule has 0 bridgehead atoms. The second kappa shape index (κ2) is 9.27. The van der Waals surface area contributed by atoms with Crippen LogP contribution in [0.25, 0.3) is 0 Å². The quantitative estimate of drug-likeness (QED) is 0.371. The molecule has 1 aliphatic heterocycles. The van der Waals surface area contributed by atoms with Crippen molar-refractivity contribution < 1.29 is 41.1 Å². The molecule has 0 aromatic heterocycles. The van der Waals surface area contributed by atoms with Gasteiger partial charge in [-0.2, -0.15) is 8.42 Å². The molecule has 0 N–H and O–H groups in total. The van der Waals surface area contributed by atoms with Gasteiger partial charge in [-0.05, 0) is 0 Å². The number of hydrogen-bond donors (Lipinski definition) is 0. The lowest BCUT2D eigenvalue weighted by molar-refractivity contribution is -0.254. The molecule has 1 fully saturated rings. The van der Waals surface area contributed by atoms with Gasteiger partial charge >= 0.3 is 11.9 Å². The van der Waals surface area contributed by atoms with Crippen molar-refractivity contribution in [2.24, 2.45) is 5.92 Å². The summed E-state index contributed by atoms with van der Waals surface area (Å²) < 4.78 is 48.8. The van der Waals surface area contributed by atoms with E-state index in [-0.39, 0.29) is 13.0 Å². The van der Waals surface area contributed by atoms with Crippen LogP contribution in [0.4, 0.5) is 0 Å². The van der Waals surface area contributed by atoms with Gasteiger partial charge in [0.2, 0.25) is 0 Å². The Hall–Kier alpha value is -2.01. The maximum atomic E-state index is 12.0. The third-order valence-electron chi connectivity index (χ3n) is 3.93. The molecule has 0 spiro atoms. The molecule has 9 nitrogen and oxygen atoms in total. The molecule has 0 aliphatic carbocycles. The Balaban J connectivity index is 2.25. The van der Waals surface area contributed by atoms with Gasteiger partial charge in [0.1, 0.15) is 6.10 Å². The molecular weight excluding hydrogens is 380 g/mol. The molecule has 1 unspecified atom stereocenters. The monoisotopic (exact) mass is 402 g/mol. The van der Waals surface area contributed by atoms with Gasteiger partial charge in [-0.1, -0.05) is 30.3 Å². The molecule has 150 valence electrons. The van der Waals surface area contributed by atoms with Gasteiger partial charge in [-0.15, -0.1) is 0 Å². The van der Waals surface area contributed by atoms with Crippen molar-refractivity contribution in [2.45, 2.75) is 24.9 Å². The first kappa shape index (κ1) is 21.3. The number of esters is 2. The largest absolute Gasteiger partial charge is 0.468 e. The number of carbonyl (C=O) groups is 2. The summed E-state index contributed by atoms with van der Waals surface area (Å²) in [4.78, 5) is 23.9. The Labute approximate surface area is 157 Å². The molecule has 0 saturated carbocycles. The first-order valence-electron chi connectivity index (χ1n) is 8.11. The van der Waals surface area contributed by atoms with Crippen molar-refractivity contribution >= 4 is 22.1 Å². The lowest BCUT2D eigenvalue weighted by Crippen LogP contribution is -2.46. The SMILES string of the molecule is COC(=O)C(C[C@@H]1OC(c2ccccc2)OC[C@H]1OS(C)(=O)=O)C(=O)OC. The lowest BCUT2D eigenvalue weighted by Gasteiger charge is -2.36. The zero-order chi connectivity index (χ0) is 20.0. The molecule has 0 radical (unpaired) electrons. The maximum absolute atomic E-state index is 12.0. The number of hydrogen-bond acceptors (Lipinski definition) is 9. The van der Waals surface area contributed by atoms with Gasteiger partial charge in [0.05, 0.1) is 33.2 Å². The summed E-state index contributed by atoms with van der Waals surface area (Å²) >= 11 is 0. The topological polar surface area (TPSA) is 114 Å². The number of carbonyl (C=O) groups excluding carboxylic acids is 2. The van der Waals surface area contributed by atoms with Crippen LogP contribution in [0.1, 0.15) is 18.3 Å². The highest BCUT2D eigenvalue weighted by atomic mass is 32.2. The number of methoxy groups -OCH3 is 2. The highest BCUT2D eigenvalue weighted by Crippen LogP contribution is 2.31. The second-order valence-corrected chi connectivity index (χ2v) is 7.52. The van der Waals surface area contributed by atoms with Crippen molar-refractivity contribution in [2.75, 3.05) is 27.1 Å². The van der Waals surface area contributed by atoms with Crippen LogP contribution in [0, 0.1) is 5.92 Å². The summed E-state index contributed by atoms with van der Waals surface area (Å²) in [5, 5.41) is 0. The summed E-state index contributed by atoms with van der Waals surface area (Å²) in [6.07, 6.45) is -2.05. The van der Waals surface area contributed by atoms with Crippen LogP contribution in [0.2, 0.25) is 0 Å². The summed E-state index contributed by atoms with van der Waals surface area (Å²) in [6.45, 7) is -0.105. The zero-order valence-electron chi connectivity index (χ0n) is 15.2. The van der Waals surface area contributed by atoms with Crippen LogP contribution in [0.5, 0.6) is 0 Å². The summed E-state index contributed by atoms with van der Waals surface area (Å²) in [5.74, 6) is -2.91. The van der Waals surface area contributed by atoms with Crippen molar-refractivity contribution in [1.29, 1.82) is 0 Å². The van der Waals surface area contributed by atoms with E-state index in [0.29, 0.717) is 5.56 Å². The standard InChI is InChI=1S/C17H22O9S/c1-22-15(18)12(16(19)23-2)9-13-14(26-27(3,20)21)10-24-17(25-13)11-7-5-4-6-8-11/h4-8,12-14,17H,9-10H2,1-3H3/t13-,14+,17?/m0/s1. The van der Waals surface area contributed by atoms with Gasteiger partial charge in [0, 0.05) is 12.0 Å². The van der Waals surface area contributed by atoms with Crippen molar-refractivity contribution in [3.63, 3.8) is 0 Å². The normalized spacial score (nSPS) is 23.0. The van der Waals surface area contributed by atoms with Gasteiger partial charge < -0.3 is 18.9 Å². The highest BCUT2D eigenvalue weighted by Gasteiger charge is 2.41. The van der Waals surface area contributed by atoms with Gasteiger partial charge in [0.15, 0.2) is 12.2 Å². The van der Waals surface area contributed by atoms with Gasteiger partial charge in [0.25, 0.3) is 10.1 Å². The van der Waals surface area contributed by atoms with E-state index in [1.807, 2.05) is 6.07 Å². The maximum Gasteiger partial charge on any atom is 0.320 e. The molecule has 1 aromatic rings. The van der Waals surface area contributed by atoms with E-state index < -0.39 is 46.5 Å². The predicted molar refractivity (Wildman–Crippen MR) is 91.9 cm³/mol. The fraction of sp³-hybridized carbons (Fsp3) is 0.529. The van der Waals surface area contributed by atoms with Gasteiger partial charge in [-0.25, -0.2) is 0 Å². The molecule has 1 saturated heterocycles. The summed E-state index contributed by atoms with van der Waals surface area (Å²) in [7, 11) is -1.54. The van der Waals surface area contributed by atoms with E-state index in [1.54, 1.807) is 24.3 Å². The van der Waals surface area contributed by atoms with E-state index in [2.05, 4.69) is 9.47 Å². The average Bonchev–Trinajstić information content (AvgIpc) is 2.65. The number of benzene rings is 1. The van der Waals surface area contributed by atoms with Crippen molar-refractivity contribution in [1.82, 2.24) is 0 Å². The smallest absolute Gasteiger partial charge is 0.320 e. The predicted octanol–water partition coefficient (Wildman–Crippen LogP) is 0.798. The third kappa shape index (κ3) is 5.99. The molecule has 1 aliphatic rings. The van der Waals surface area contributed by atoms with E-state index in [0.717, 1.165) is 20.5 Å². The van der Waals surface area contributed by atoms with Crippen LogP contribution in [-0.2, 0) is 42.8 Å². The Morgan fingerprint density at radius 1 is 1.15 bits per heavy atom. The molecule has 1 aromatic carbocycles.